The normalized spacial score (nSPS) is 13.4. The van der Waals surface area contributed by atoms with E-state index in [1.807, 2.05) is 12.1 Å². The number of carbonyl (C=O) groups excluding carboxylic acids is 1. The second kappa shape index (κ2) is 5.82. The maximum absolute atomic E-state index is 12.6. The molecule has 0 spiro atoms. The molecule has 1 aliphatic carbocycles. The van der Waals surface area contributed by atoms with E-state index in [2.05, 4.69) is 20.9 Å². The molecule has 122 valence electrons. The Balaban J connectivity index is 1.81. The first-order chi connectivity index (χ1) is 11.5. The Morgan fingerprint density at radius 3 is 2.79 bits per heavy atom. The Kier molecular flexibility index (Phi) is 3.77. The molecule has 1 aromatic carbocycles. The number of aromatic nitrogens is 2. The fourth-order valence-corrected chi connectivity index (χ4v) is 4.81. The molecule has 0 unspecified atom stereocenters. The summed E-state index contributed by atoms with van der Waals surface area (Å²) >= 11 is 4.91. The van der Waals surface area contributed by atoms with E-state index in [-0.39, 0.29) is 18.1 Å². The van der Waals surface area contributed by atoms with Gasteiger partial charge >= 0.3 is 5.69 Å². The van der Waals surface area contributed by atoms with Gasteiger partial charge in [0.25, 0.3) is 0 Å². The van der Waals surface area contributed by atoms with E-state index in [0.717, 1.165) is 34.0 Å². The maximum Gasteiger partial charge on any atom is 0.351 e. The van der Waals surface area contributed by atoms with E-state index in [1.165, 1.54) is 15.0 Å². The standard InChI is InChI=1S/C17H14BrN3O2S/c18-10-6-4-9(5-7-10)12(22)8-21-16-14(15(19)20-17(21)23)11-2-1-3-13(11)24-16/h4-7H,1-3,8H2,(H2,19,20,23). The molecule has 0 saturated carbocycles. The smallest absolute Gasteiger partial charge is 0.351 e. The Bertz CT molecular complexity index is 1020. The number of aryl methyl sites for hydroxylation is 2. The topological polar surface area (TPSA) is 78.0 Å². The number of nitrogens with two attached hydrogens (primary N) is 1. The summed E-state index contributed by atoms with van der Waals surface area (Å²) in [5.74, 6) is 0.160. The van der Waals surface area contributed by atoms with E-state index in [4.69, 9.17) is 5.73 Å². The summed E-state index contributed by atoms with van der Waals surface area (Å²) in [6.07, 6.45) is 3.07. The van der Waals surface area contributed by atoms with Crippen molar-refractivity contribution in [3.63, 3.8) is 0 Å². The lowest BCUT2D eigenvalue weighted by molar-refractivity contribution is 0.0972. The van der Waals surface area contributed by atoms with Gasteiger partial charge in [-0.05, 0) is 37.0 Å². The summed E-state index contributed by atoms with van der Waals surface area (Å²) < 4.78 is 2.36. The lowest BCUT2D eigenvalue weighted by Crippen LogP contribution is -2.27. The van der Waals surface area contributed by atoms with Crippen LogP contribution in [0.5, 0.6) is 0 Å². The van der Waals surface area contributed by atoms with Crippen LogP contribution in [0.3, 0.4) is 0 Å². The van der Waals surface area contributed by atoms with Gasteiger partial charge in [-0.15, -0.1) is 11.3 Å². The fraction of sp³-hybridized carbons (Fsp3) is 0.235. The number of hydrogen-bond donors (Lipinski definition) is 1. The van der Waals surface area contributed by atoms with Crippen LogP contribution in [0.1, 0.15) is 27.2 Å². The number of ketones is 1. The molecule has 7 heteroatoms. The average molecular weight is 404 g/mol. The van der Waals surface area contributed by atoms with Gasteiger partial charge in [0, 0.05) is 14.9 Å². The van der Waals surface area contributed by atoms with Gasteiger partial charge in [0.05, 0.1) is 11.9 Å². The number of hydrogen-bond acceptors (Lipinski definition) is 5. The third-order valence-electron chi connectivity index (χ3n) is 4.32. The molecule has 0 atom stereocenters. The summed E-state index contributed by atoms with van der Waals surface area (Å²) in [6.45, 7) is -0.0242. The van der Waals surface area contributed by atoms with Crippen LogP contribution < -0.4 is 11.4 Å². The number of rotatable bonds is 3. The molecule has 0 aliphatic heterocycles. The number of nitrogen functional groups attached to an aromatic ring is 1. The molecular weight excluding hydrogens is 390 g/mol. The monoisotopic (exact) mass is 403 g/mol. The summed E-state index contributed by atoms with van der Waals surface area (Å²) in [5.41, 5.74) is 7.29. The highest BCUT2D eigenvalue weighted by molar-refractivity contribution is 9.10. The Morgan fingerprint density at radius 1 is 1.29 bits per heavy atom. The second-order valence-electron chi connectivity index (χ2n) is 5.83. The van der Waals surface area contributed by atoms with Crippen molar-refractivity contribution in [2.45, 2.75) is 25.8 Å². The molecule has 2 N–H and O–H groups in total. The minimum absolute atomic E-state index is 0.0242. The van der Waals surface area contributed by atoms with Gasteiger partial charge in [-0.25, -0.2) is 4.79 Å². The lowest BCUT2D eigenvalue weighted by atomic mass is 10.1. The van der Waals surface area contributed by atoms with Gasteiger partial charge in [-0.2, -0.15) is 4.98 Å². The minimum Gasteiger partial charge on any atom is -0.383 e. The number of benzene rings is 1. The quantitative estimate of drug-likeness (QED) is 0.681. The predicted octanol–water partition coefficient (Wildman–Crippen LogP) is 3.17. The van der Waals surface area contributed by atoms with Gasteiger partial charge in [0.1, 0.15) is 10.6 Å². The highest BCUT2D eigenvalue weighted by atomic mass is 79.9. The largest absolute Gasteiger partial charge is 0.383 e. The van der Waals surface area contributed by atoms with Crippen LogP contribution in [0, 0.1) is 0 Å². The van der Waals surface area contributed by atoms with Crippen LogP contribution in [0.25, 0.3) is 10.2 Å². The average Bonchev–Trinajstić information content (AvgIpc) is 3.12. The second-order valence-corrected chi connectivity index (χ2v) is 7.83. The Labute approximate surface area is 150 Å². The van der Waals surface area contributed by atoms with Gasteiger partial charge in [-0.1, -0.05) is 28.1 Å². The molecule has 1 aliphatic rings. The van der Waals surface area contributed by atoms with Gasteiger partial charge in [0.2, 0.25) is 0 Å². The summed E-state index contributed by atoms with van der Waals surface area (Å²) in [5, 5.41) is 0.857. The Hall–Kier alpha value is -1.99. The third-order valence-corrected chi connectivity index (χ3v) is 6.16. The first kappa shape index (κ1) is 15.5. The fourth-order valence-electron chi connectivity index (χ4n) is 3.16. The Morgan fingerprint density at radius 2 is 2.04 bits per heavy atom. The number of fused-ring (bicyclic) bond motifs is 3. The van der Waals surface area contributed by atoms with E-state index in [9.17, 15) is 9.59 Å². The molecule has 0 fully saturated rings. The van der Waals surface area contributed by atoms with Crippen molar-refractivity contribution >= 4 is 49.1 Å². The first-order valence-electron chi connectivity index (χ1n) is 7.64. The van der Waals surface area contributed by atoms with Crippen LogP contribution in [-0.2, 0) is 19.4 Å². The van der Waals surface area contributed by atoms with Gasteiger partial charge < -0.3 is 5.73 Å². The molecule has 24 heavy (non-hydrogen) atoms. The van der Waals surface area contributed by atoms with Crippen molar-refractivity contribution in [1.82, 2.24) is 9.55 Å². The van der Waals surface area contributed by atoms with E-state index in [0.29, 0.717) is 5.56 Å². The molecule has 0 saturated heterocycles. The maximum atomic E-state index is 12.6. The summed E-state index contributed by atoms with van der Waals surface area (Å²) in [7, 11) is 0. The van der Waals surface area contributed by atoms with Crippen LogP contribution in [0.2, 0.25) is 0 Å². The molecular formula is C17H14BrN3O2S. The van der Waals surface area contributed by atoms with Crippen LogP contribution in [-0.4, -0.2) is 15.3 Å². The van der Waals surface area contributed by atoms with Crippen molar-refractivity contribution in [2.75, 3.05) is 5.73 Å². The zero-order chi connectivity index (χ0) is 16.8. The highest BCUT2D eigenvalue weighted by Crippen LogP contribution is 2.38. The van der Waals surface area contributed by atoms with Gasteiger partial charge in [-0.3, -0.25) is 9.36 Å². The predicted molar refractivity (Wildman–Crippen MR) is 98.8 cm³/mol. The van der Waals surface area contributed by atoms with E-state index < -0.39 is 5.69 Å². The van der Waals surface area contributed by atoms with Crippen molar-refractivity contribution in [1.29, 1.82) is 0 Å². The number of Topliss-reactive ketones (excluding diaryl/α,β-unsaturated/α-hetero) is 1. The molecule has 0 amide bonds. The van der Waals surface area contributed by atoms with Crippen LogP contribution in [0.15, 0.2) is 33.5 Å². The zero-order valence-electron chi connectivity index (χ0n) is 12.7. The molecule has 3 aromatic rings. The summed E-state index contributed by atoms with van der Waals surface area (Å²) in [6, 6.07) is 7.11. The zero-order valence-corrected chi connectivity index (χ0v) is 15.1. The highest BCUT2D eigenvalue weighted by Gasteiger charge is 2.23. The SMILES string of the molecule is Nc1nc(=O)n(CC(=O)c2ccc(Br)cc2)c2sc3c(c12)CCC3. The molecule has 0 bridgehead atoms. The number of nitrogens with zero attached hydrogens (tertiary/aromatic N) is 2. The van der Waals surface area contributed by atoms with Crippen LogP contribution >= 0.6 is 27.3 Å². The third kappa shape index (κ3) is 2.48. The molecule has 2 heterocycles. The minimum atomic E-state index is -0.467. The molecule has 4 rings (SSSR count). The van der Waals surface area contributed by atoms with Gasteiger partial charge in [0.15, 0.2) is 5.78 Å². The van der Waals surface area contributed by atoms with Crippen molar-refractivity contribution in [3.8, 4) is 0 Å². The number of halogens is 1. The van der Waals surface area contributed by atoms with E-state index >= 15 is 0 Å². The van der Waals surface area contributed by atoms with Crippen molar-refractivity contribution in [3.05, 3.63) is 55.2 Å². The molecule has 0 radical (unpaired) electrons. The number of carbonyl (C=O) groups is 1. The number of thiophene rings is 1. The first-order valence-corrected chi connectivity index (χ1v) is 9.25. The summed E-state index contributed by atoms with van der Waals surface area (Å²) in [4.78, 5) is 30.8. The van der Waals surface area contributed by atoms with Crippen molar-refractivity contribution in [2.24, 2.45) is 0 Å². The lowest BCUT2D eigenvalue weighted by Gasteiger charge is -2.08. The van der Waals surface area contributed by atoms with Crippen LogP contribution in [0.4, 0.5) is 5.82 Å². The number of anilines is 1. The van der Waals surface area contributed by atoms with Crippen molar-refractivity contribution < 1.29 is 4.79 Å². The molecule has 5 nitrogen and oxygen atoms in total. The molecule has 2 aromatic heterocycles. The van der Waals surface area contributed by atoms with E-state index in [1.54, 1.807) is 23.5 Å².